The third kappa shape index (κ3) is 2.24. The fourth-order valence-electron chi connectivity index (χ4n) is 2.03. The van der Waals surface area contributed by atoms with Crippen LogP contribution in [0.5, 0.6) is 0 Å². The molecule has 9 heteroatoms. The predicted octanol–water partition coefficient (Wildman–Crippen LogP) is 2.52. The van der Waals surface area contributed by atoms with Gasteiger partial charge in [-0.05, 0) is 40.9 Å². The second kappa shape index (κ2) is 5.29. The van der Waals surface area contributed by atoms with E-state index in [9.17, 15) is 4.79 Å². The van der Waals surface area contributed by atoms with Gasteiger partial charge in [0.15, 0.2) is 10.8 Å². The zero-order chi connectivity index (χ0) is 16.0. The molecular formula is C13H10BrClN6O. The number of aromatic nitrogens is 5. The number of carbonyl (C=O) groups is 1. The van der Waals surface area contributed by atoms with Crippen molar-refractivity contribution in [2.24, 2.45) is 0 Å². The maximum Gasteiger partial charge on any atom is 0.283 e. The summed E-state index contributed by atoms with van der Waals surface area (Å²) in [5, 5.41) is 0.103. The van der Waals surface area contributed by atoms with Gasteiger partial charge in [-0.15, -0.1) is 0 Å². The molecule has 3 aromatic heterocycles. The Bertz CT molecular complexity index is 923. The second-order valence-corrected chi connectivity index (χ2v) is 5.88. The molecule has 0 aliphatic heterocycles. The predicted molar refractivity (Wildman–Crippen MR) is 85.9 cm³/mol. The molecule has 112 valence electrons. The summed E-state index contributed by atoms with van der Waals surface area (Å²) >= 11 is 9.35. The van der Waals surface area contributed by atoms with Crippen molar-refractivity contribution in [3.63, 3.8) is 0 Å². The Kier molecular flexibility index (Phi) is 3.57. The Balaban J connectivity index is 2.20. The molecule has 0 radical (unpaired) electrons. The van der Waals surface area contributed by atoms with E-state index >= 15 is 0 Å². The SMILES string of the molecule is Cc1c(Br)cnc(C(=O)n2cnc3c(Cl)nc(N)nc32)c1C. The Hall–Kier alpha value is -2.06. The van der Waals surface area contributed by atoms with Crippen LogP contribution in [0.25, 0.3) is 11.2 Å². The summed E-state index contributed by atoms with van der Waals surface area (Å²) in [6.45, 7) is 3.73. The van der Waals surface area contributed by atoms with E-state index in [0.29, 0.717) is 11.2 Å². The molecule has 2 N–H and O–H groups in total. The van der Waals surface area contributed by atoms with Crippen molar-refractivity contribution in [1.29, 1.82) is 0 Å². The van der Waals surface area contributed by atoms with Crippen molar-refractivity contribution in [3.8, 4) is 0 Å². The minimum atomic E-state index is -0.357. The van der Waals surface area contributed by atoms with Crippen LogP contribution in [0.15, 0.2) is 17.0 Å². The summed E-state index contributed by atoms with van der Waals surface area (Å²) in [7, 11) is 0. The number of hydrogen-bond acceptors (Lipinski definition) is 6. The zero-order valence-electron chi connectivity index (χ0n) is 11.6. The third-order valence-electron chi connectivity index (χ3n) is 3.38. The zero-order valence-corrected chi connectivity index (χ0v) is 14.0. The molecule has 0 atom stereocenters. The highest BCUT2D eigenvalue weighted by molar-refractivity contribution is 9.10. The van der Waals surface area contributed by atoms with E-state index in [1.807, 2.05) is 13.8 Å². The Morgan fingerprint density at radius 2 is 2.00 bits per heavy atom. The lowest BCUT2D eigenvalue weighted by Crippen LogP contribution is -2.16. The summed E-state index contributed by atoms with van der Waals surface area (Å²) in [4.78, 5) is 28.8. The van der Waals surface area contributed by atoms with Crippen molar-refractivity contribution >= 4 is 50.6 Å². The van der Waals surface area contributed by atoms with Gasteiger partial charge in [0.05, 0.1) is 0 Å². The first-order valence-corrected chi connectivity index (χ1v) is 7.39. The average Bonchev–Trinajstić information content (AvgIpc) is 2.88. The number of fused-ring (bicyclic) bond motifs is 1. The van der Waals surface area contributed by atoms with Crippen molar-refractivity contribution in [2.45, 2.75) is 13.8 Å². The van der Waals surface area contributed by atoms with E-state index in [-0.39, 0.29) is 22.7 Å². The number of imidazole rings is 1. The van der Waals surface area contributed by atoms with Crippen LogP contribution in [0.1, 0.15) is 21.6 Å². The van der Waals surface area contributed by atoms with Gasteiger partial charge < -0.3 is 5.73 Å². The summed E-state index contributed by atoms with van der Waals surface area (Å²) in [5.41, 5.74) is 8.18. The van der Waals surface area contributed by atoms with Crippen LogP contribution in [-0.4, -0.2) is 30.4 Å². The van der Waals surface area contributed by atoms with Crippen LogP contribution in [-0.2, 0) is 0 Å². The lowest BCUT2D eigenvalue weighted by atomic mass is 10.1. The van der Waals surface area contributed by atoms with Crippen LogP contribution in [0.4, 0.5) is 5.95 Å². The molecule has 0 aromatic carbocycles. The number of nitrogens with zero attached hydrogens (tertiary/aromatic N) is 5. The van der Waals surface area contributed by atoms with Gasteiger partial charge in [0.25, 0.3) is 5.91 Å². The molecule has 0 saturated carbocycles. The van der Waals surface area contributed by atoms with Crippen LogP contribution >= 0.6 is 27.5 Å². The quantitative estimate of drug-likeness (QED) is 0.650. The molecule has 0 spiro atoms. The van der Waals surface area contributed by atoms with Crippen LogP contribution < -0.4 is 5.73 Å². The van der Waals surface area contributed by atoms with Crippen LogP contribution in [0.2, 0.25) is 5.15 Å². The third-order valence-corrected chi connectivity index (χ3v) is 4.44. The summed E-state index contributed by atoms with van der Waals surface area (Å²) in [6.07, 6.45) is 2.93. The Morgan fingerprint density at radius 1 is 1.27 bits per heavy atom. The molecule has 3 rings (SSSR count). The van der Waals surface area contributed by atoms with Gasteiger partial charge in [0.1, 0.15) is 17.5 Å². The molecule has 3 heterocycles. The molecular weight excluding hydrogens is 372 g/mol. The number of nitrogen functional groups attached to an aromatic ring is 1. The number of hydrogen-bond donors (Lipinski definition) is 1. The number of pyridine rings is 1. The number of halogens is 2. The van der Waals surface area contributed by atoms with Crippen LogP contribution in [0, 0.1) is 13.8 Å². The first kappa shape index (κ1) is 14.9. The normalized spacial score (nSPS) is 11.1. The number of rotatable bonds is 1. The highest BCUT2D eigenvalue weighted by atomic mass is 79.9. The van der Waals surface area contributed by atoms with Gasteiger partial charge in [-0.3, -0.25) is 4.79 Å². The minimum Gasteiger partial charge on any atom is -0.368 e. The molecule has 0 fully saturated rings. The molecule has 0 bridgehead atoms. The topological polar surface area (TPSA) is 99.6 Å². The molecule has 0 aliphatic rings. The van der Waals surface area contributed by atoms with Gasteiger partial charge in [0, 0.05) is 10.7 Å². The molecule has 0 aliphatic carbocycles. The van der Waals surface area contributed by atoms with Gasteiger partial charge in [-0.1, -0.05) is 11.6 Å². The van der Waals surface area contributed by atoms with E-state index in [4.69, 9.17) is 17.3 Å². The van der Waals surface area contributed by atoms with E-state index in [0.717, 1.165) is 15.6 Å². The number of nitrogens with two attached hydrogens (primary N) is 1. The second-order valence-electron chi connectivity index (χ2n) is 4.67. The highest BCUT2D eigenvalue weighted by Gasteiger charge is 2.20. The molecule has 3 aromatic rings. The average molecular weight is 382 g/mol. The largest absolute Gasteiger partial charge is 0.368 e. The Labute approximate surface area is 138 Å². The molecule has 7 nitrogen and oxygen atoms in total. The monoisotopic (exact) mass is 380 g/mol. The summed E-state index contributed by atoms with van der Waals surface area (Å²) in [6, 6.07) is 0. The lowest BCUT2D eigenvalue weighted by molar-refractivity contribution is 0.0958. The van der Waals surface area contributed by atoms with Gasteiger partial charge in [-0.2, -0.15) is 9.97 Å². The van der Waals surface area contributed by atoms with E-state index in [1.165, 1.54) is 10.9 Å². The van der Waals surface area contributed by atoms with Crippen molar-refractivity contribution in [1.82, 2.24) is 24.5 Å². The van der Waals surface area contributed by atoms with E-state index in [1.54, 1.807) is 6.20 Å². The van der Waals surface area contributed by atoms with Crippen LogP contribution in [0.3, 0.4) is 0 Å². The maximum atomic E-state index is 12.7. The van der Waals surface area contributed by atoms with Crippen molar-refractivity contribution in [3.05, 3.63) is 39.0 Å². The van der Waals surface area contributed by atoms with Gasteiger partial charge >= 0.3 is 0 Å². The fraction of sp³-hybridized carbons (Fsp3) is 0.154. The number of carbonyl (C=O) groups excluding carboxylic acids is 1. The first-order chi connectivity index (χ1) is 10.4. The molecule has 0 amide bonds. The van der Waals surface area contributed by atoms with E-state index < -0.39 is 0 Å². The van der Waals surface area contributed by atoms with Crippen molar-refractivity contribution in [2.75, 3.05) is 5.73 Å². The fourth-order valence-corrected chi connectivity index (χ4v) is 2.65. The molecule has 22 heavy (non-hydrogen) atoms. The van der Waals surface area contributed by atoms with Gasteiger partial charge in [0.2, 0.25) is 5.95 Å². The summed E-state index contributed by atoms with van der Waals surface area (Å²) < 4.78 is 2.11. The van der Waals surface area contributed by atoms with Gasteiger partial charge in [-0.25, -0.2) is 14.5 Å². The highest BCUT2D eigenvalue weighted by Crippen LogP contribution is 2.23. The standard InChI is InChI=1S/C13H10BrClN6O/c1-5-6(2)8(17-3-7(5)14)12(22)21-4-18-9-10(15)19-13(16)20-11(9)21/h3-4H,1-2H3,(H2,16,19,20). The smallest absolute Gasteiger partial charge is 0.283 e. The molecule has 0 saturated heterocycles. The first-order valence-electron chi connectivity index (χ1n) is 6.22. The summed E-state index contributed by atoms with van der Waals surface area (Å²) in [5.74, 6) is -0.381. The maximum absolute atomic E-state index is 12.7. The number of anilines is 1. The minimum absolute atomic E-state index is 0.0243. The Morgan fingerprint density at radius 3 is 2.73 bits per heavy atom. The van der Waals surface area contributed by atoms with Crippen molar-refractivity contribution < 1.29 is 4.79 Å². The lowest BCUT2D eigenvalue weighted by Gasteiger charge is -2.09. The van der Waals surface area contributed by atoms with E-state index in [2.05, 4.69) is 35.9 Å². The molecule has 0 unspecified atom stereocenters.